The van der Waals surface area contributed by atoms with Crippen LogP contribution in [0.4, 0.5) is 4.39 Å². The van der Waals surface area contributed by atoms with Crippen molar-refractivity contribution in [2.45, 2.75) is 27.2 Å². The minimum Gasteiger partial charge on any atom is -0.267 e. The van der Waals surface area contributed by atoms with Gasteiger partial charge in [0.15, 0.2) is 0 Å². The molecule has 0 aliphatic heterocycles. The zero-order valence-electron chi connectivity index (χ0n) is 12.3. The molecule has 0 spiro atoms. The Bertz CT molecular complexity index is 800. The number of sulfonamides is 1. The van der Waals surface area contributed by atoms with Crippen molar-refractivity contribution in [1.82, 2.24) is 9.66 Å². The number of nitrogens with one attached hydrogen (secondary N) is 1. The molecule has 116 valence electrons. The van der Waals surface area contributed by atoms with Crippen LogP contribution in [0.1, 0.15) is 26.6 Å². The van der Waals surface area contributed by atoms with Gasteiger partial charge in [-0.25, -0.2) is 22.6 Å². The number of hydrogen-bond donors (Lipinski definition) is 1. The SMILES string of the molecule is CC.CCc1nc2cccc(F)c2c(=O)n1NS(C)(=O)=O. The maximum absolute atomic E-state index is 13.7. The Morgan fingerprint density at radius 3 is 2.48 bits per heavy atom. The van der Waals surface area contributed by atoms with Gasteiger partial charge in [-0.3, -0.25) is 4.79 Å². The van der Waals surface area contributed by atoms with Gasteiger partial charge >= 0.3 is 0 Å². The van der Waals surface area contributed by atoms with Gasteiger partial charge in [-0.2, -0.15) is 4.68 Å². The Kier molecular flexibility index (Phi) is 5.42. The highest BCUT2D eigenvalue weighted by atomic mass is 32.2. The summed E-state index contributed by atoms with van der Waals surface area (Å²) in [5, 5.41) is -0.240. The molecule has 6 nitrogen and oxygen atoms in total. The van der Waals surface area contributed by atoms with Gasteiger partial charge in [0, 0.05) is 6.42 Å². The molecule has 0 saturated heterocycles. The van der Waals surface area contributed by atoms with Crippen molar-refractivity contribution in [2.24, 2.45) is 0 Å². The summed E-state index contributed by atoms with van der Waals surface area (Å²) in [6.07, 6.45) is 1.23. The summed E-state index contributed by atoms with van der Waals surface area (Å²) in [6, 6.07) is 4.07. The highest BCUT2D eigenvalue weighted by molar-refractivity contribution is 7.91. The van der Waals surface area contributed by atoms with E-state index in [1.165, 1.54) is 12.1 Å². The zero-order chi connectivity index (χ0) is 16.2. The second kappa shape index (κ2) is 6.66. The van der Waals surface area contributed by atoms with Gasteiger partial charge in [-0.1, -0.05) is 26.8 Å². The minimum absolute atomic E-state index is 0.202. The van der Waals surface area contributed by atoms with Crippen molar-refractivity contribution in [3.63, 3.8) is 0 Å². The Morgan fingerprint density at radius 1 is 1.33 bits per heavy atom. The Labute approximate surface area is 122 Å². The first-order valence-electron chi connectivity index (χ1n) is 6.51. The first-order valence-corrected chi connectivity index (χ1v) is 8.40. The molecule has 1 aromatic carbocycles. The van der Waals surface area contributed by atoms with Gasteiger partial charge in [0.05, 0.1) is 11.8 Å². The van der Waals surface area contributed by atoms with Gasteiger partial charge in [0.2, 0.25) is 10.0 Å². The predicted octanol–water partition coefficient (Wildman–Crippen LogP) is 1.63. The lowest BCUT2D eigenvalue weighted by Gasteiger charge is -2.12. The molecule has 2 rings (SSSR count). The molecule has 0 amide bonds. The number of rotatable bonds is 3. The Morgan fingerprint density at radius 2 is 1.95 bits per heavy atom. The van der Waals surface area contributed by atoms with Crippen LogP contribution in [0.3, 0.4) is 0 Å². The number of fused-ring (bicyclic) bond motifs is 1. The second-order valence-electron chi connectivity index (χ2n) is 4.02. The molecule has 0 aliphatic carbocycles. The van der Waals surface area contributed by atoms with E-state index in [9.17, 15) is 17.6 Å². The molecule has 2 aromatic rings. The minimum atomic E-state index is -3.66. The topological polar surface area (TPSA) is 81.1 Å². The van der Waals surface area contributed by atoms with Crippen LogP contribution < -0.4 is 10.4 Å². The van der Waals surface area contributed by atoms with E-state index in [1.807, 2.05) is 18.7 Å². The third-order valence-corrected chi connectivity index (χ3v) is 3.00. The molecule has 0 saturated carbocycles. The molecule has 1 N–H and O–H groups in total. The molecule has 0 radical (unpaired) electrons. The predicted molar refractivity (Wildman–Crippen MR) is 80.9 cm³/mol. The zero-order valence-corrected chi connectivity index (χ0v) is 13.2. The molecule has 0 bridgehead atoms. The lowest BCUT2D eigenvalue weighted by atomic mass is 10.2. The number of hydrogen-bond acceptors (Lipinski definition) is 4. The molecule has 0 aliphatic rings. The molecule has 21 heavy (non-hydrogen) atoms. The van der Waals surface area contributed by atoms with Crippen LogP contribution in [0.15, 0.2) is 23.0 Å². The average Bonchev–Trinajstić information content (AvgIpc) is 2.42. The molecule has 0 unspecified atom stereocenters. The van der Waals surface area contributed by atoms with Crippen molar-refractivity contribution in [3.8, 4) is 0 Å². The second-order valence-corrected chi connectivity index (χ2v) is 5.75. The molecule has 0 fully saturated rings. The van der Waals surface area contributed by atoms with Gasteiger partial charge in [0.25, 0.3) is 5.56 Å². The van der Waals surface area contributed by atoms with E-state index < -0.39 is 21.4 Å². The summed E-state index contributed by atoms with van der Waals surface area (Å²) >= 11 is 0. The molecular formula is C13H18FN3O3S. The summed E-state index contributed by atoms with van der Waals surface area (Å²) in [6.45, 7) is 5.72. The van der Waals surface area contributed by atoms with Crippen molar-refractivity contribution < 1.29 is 12.8 Å². The van der Waals surface area contributed by atoms with Crippen molar-refractivity contribution in [1.29, 1.82) is 0 Å². The summed E-state index contributed by atoms with van der Waals surface area (Å²) in [7, 11) is -3.66. The number of benzene rings is 1. The lowest BCUT2D eigenvalue weighted by molar-refractivity contribution is 0.597. The first-order chi connectivity index (χ1) is 9.83. The molecule has 1 heterocycles. The summed E-state index contributed by atoms with van der Waals surface area (Å²) < 4.78 is 36.9. The van der Waals surface area contributed by atoms with Gasteiger partial charge in [-0.15, -0.1) is 0 Å². The van der Waals surface area contributed by atoms with Crippen molar-refractivity contribution in [2.75, 3.05) is 11.1 Å². The molecular weight excluding hydrogens is 297 g/mol. The van der Waals surface area contributed by atoms with Gasteiger partial charge in [0.1, 0.15) is 17.0 Å². The number of aromatic nitrogens is 2. The van der Waals surface area contributed by atoms with Crippen LogP contribution in [0.5, 0.6) is 0 Å². The van der Waals surface area contributed by atoms with Crippen LogP contribution in [0.25, 0.3) is 10.9 Å². The fraction of sp³-hybridized carbons (Fsp3) is 0.385. The molecule has 8 heteroatoms. The van der Waals surface area contributed by atoms with E-state index in [4.69, 9.17) is 0 Å². The highest BCUT2D eigenvalue weighted by Gasteiger charge is 2.15. The maximum Gasteiger partial charge on any atom is 0.283 e. The largest absolute Gasteiger partial charge is 0.283 e. The maximum atomic E-state index is 13.7. The van der Waals surface area contributed by atoms with Gasteiger partial charge < -0.3 is 0 Å². The van der Waals surface area contributed by atoms with Crippen molar-refractivity contribution in [3.05, 3.63) is 40.2 Å². The Balaban J connectivity index is 0.00000106. The fourth-order valence-corrected chi connectivity index (χ4v) is 2.25. The Hall–Kier alpha value is -1.96. The third kappa shape index (κ3) is 3.78. The average molecular weight is 315 g/mol. The van der Waals surface area contributed by atoms with E-state index in [2.05, 4.69) is 4.98 Å². The van der Waals surface area contributed by atoms with E-state index in [-0.39, 0.29) is 16.7 Å². The number of halogens is 1. The van der Waals surface area contributed by atoms with Crippen LogP contribution in [-0.2, 0) is 16.4 Å². The first kappa shape index (κ1) is 17.1. The third-order valence-electron chi connectivity index (χ3n) is 2.49. The number of aryl methyl sites for hydroxylation is 1. The van der Waals surface area contributed by atoms with Crippen LogP contribution in [-0.4, -0.2) is 24.3 Å². The summed E-state index contributed by atoms with van der Waals surface area (Å²) in [5.74, 6) is -0.518. The van der Waals surface area contributed by atoms with E-state index in [0.29, 0.717) is 6.42 Å². The molecule has 1 aromatic heterocycles. The normalized spacial score (nSPS) is 10.9. The van der Waals surface area contributed by atoms with Crippen molar-refractivity contribution >= 4 is 20.9 Å². The monoisotopic (exact) mass is 315 g/mol. The van der Waals surface area contributed by atoms with Crippen LogP contribution in [0, 0.1) is 5.82 Å². The van der Waals surface area contributed by atoms with Gasteiger partial charge in [-0.05, 0) is 12.1 Å². The fourth-order valence-electron chi connectivity index (χ4n) is 1.73. The van der Waals surface area contributed by atoms with Crippen LogP contribution >= 0.6 is 0 Å². The smallest absolute Gasteiger partial charge is 0.267 e. The highest BCUT2D eigenvalue weighted by Crippen LogP contribution is 2.12. The van der Waals surface area contributed by atoms with Crippen LogP contribution in [0.2, 0.25) is 0 Å². The lowest BCUT2D eigenvalue weighted by Crippen LogP contribution is -2.36. The molecule has 0 atom stereocenters. The summed E-state index contributed by atoms with van der Waals surface area (Å²) in [5.41, 5.74) is -0.571. The summed E-state index contributed by atoms with van der Waals surface area (Å²) in [4.78, 5) is 18.3. The number of nitrogens with zero attached hydrogens (tertiary/aromatic N) is 2. The standard InChI is InChI=1S/C11H12FN3O3S.C2H6/c1-3-9-13-8-6-4-5-7(12)10(8)11(16)15(9)14-19(2,17)18;1-2/h4-6,14H,3H2,1-2H3;1-2H3. The quantitative estimate of drug-likeness (QED) is 0.933. The van der Waals surface area contributed by atoms with E-state index >= 15 is 0 Å². The van der Waals surface area contributed by atoms with E-state index in [0.717, 1.165) is 17.0 Å². The van der Waals surface area contributed by atoms with E-state index in [1.54, 1.807) is 6.92 Å².